The van der Waals surface area contributed by atoms with Crippen molar-refractivity contribution in [3.63, 3.8) is 0 Å². The van der Waals surface area contributed by atoms with Crippen LogP contribution in [0.2, 0.25) is 0 Å². The van der Waals surface area contributed by atoms with Crippen molar-refractivity contribution in [3.05, 3.63) is 42.0 Å². The first-order valence-corrected chi connectivity index (χ1v) is 6.64. The van der Waals surface area contributed by atoms with Gasteiger partial charge < -0.3 is 10.2 Å². The monoisotopic (exact) mass is 242 g/mol. The fourth-order valence-electron chi connectivity index (χ4n) is 3.08. The number of benzene rings is 2. The van der Waals surface area contributed by atoms with Gasteiger partial charge in [0.2, 0.25) is 0 Å². The second-order valence-corrected chi connectivity index (χ2v) is 5.22. The Labute approximate surface area is 107 Å². The number of aliphatic hydroxyl groups is 1. The van der Waals surface area contributed by atoms with E-state index in [4.69, 9.17) is 0 Å². The third kappa shape index (κ3) is 1.97. The molecule has 1 fully saturated rings. The van der Waals surface area contributed by atoms with Crippen LogP contribution in [0.1, 0.15) is 37.2 Å². The summed E-state index contributed by atoms with van der Waals surface area (Å²) >= 11 is 0. The number of hydrogen-bond donors (Lipinski definition) is 2. The van der Waals surface area contributed by atoms with E-state index in [0.717, 1.165) is 36.6 Å². The molecule has 1 aliphatic rings. The fraction of sp³-hybridized carbons (Fsp3) is 0.375. The summed E-state index contributed by atoms with van der Waals surface area (Å²) in [4.78, 5) is 0. The van der Waals surface area contributed by atoms with Crippen molar-refractivity contribution >= 4 is 10.8 Å². The van der Waals surface area contributed by atoms with E-state index in [-0.39, 0.29) is 6.10 Å². The number of phenolic OH excluding ortho intramolecular Hbond substituents is 1. The molecule has 0 heterocycles. The molecule has 0 saturated heterocycles. The Morgan fingerprint density at radius 2 is 1.61 bits per heavy atom. The largest absolute Gasteiger partial charge is 0.508 e. The second kappa shape index (κ2) is 4.62. The molecular weight excluding hydrogens is 224 g/mol. The van der Waals surface area contributed by atoms with E-state index in [1.807, 2.05) is 18.2 Å². The van der Waals surface area contributed by atoms with E-state index >= 15 is 0 Å². The lowest BCUT2D eigenvalue weighted by Gasteiger charge is -2.27. The molecule has 0 amide bonds. The van der Waals surface area contributed by atoms with Crippen LogP contribution in [0.15, 0.2) is 36.4 Å². The molecule has 94 valence electrons. The highest BCUT2D eigenvalue weighted by atomic mass is 16.3. The van der Waals surface area contributed by atoms with Gasteiger partial charge in [0.1, 0.15) is 5.75 Å². The molecule has 1 aliphatic carbocycles. The van der Waals surface area contributed by atoms with Crippen LogP contribution < -0.4 is 0 Å². The predicted molar refractivity (Wildman–Crippen MR) is 72.8 cm³/mol. The van der Waals surface area contributed by atoms with Gasteiger partial charge in [0.15, 0.2) is 0 Å². The van der Waals surface area contributed by atoms with Gasteiger partial charge in [-0.2, -0.15) is 0 Å². The Morgan fingerprint density at radius 1 is 0.889 bits per heavy atom. The van der Waals surface area contributed by atoms with Crippen molar-refractivity contribution in [2.75, 3.05) is 0 Å². The van der Waals surface area contributed by atoms with Crippen LogP contribution in [0, 0.1) is 0 Å². The Hall–Kier alpha value is -1.54. The van der Waals surface area contributed by atoms with Crippen molar-refractivity contribution in [2.45, 2.75) is 37.7 Å². The first-order chi connectivity index (χ1) is 8.75. The molecule has 2 aromatic rings. The predicted octanol–water partition coefficient (Wildman–Crippen LogP) is 3.56. The second-order valence-electron chi connectivity index (χ2n) is 5.22. The molecule has 0 spiro atoms. The van der Waals surface area contributed by atoms with Crippen molar-refractivity contribution in [3.8, 4) is 5.75 Å². The number of aliphatic hydroxyl groups excluding tert-OH is 1. The van der Waals surface area contributed by atoms with Crippen LogP contribution in [-0.2, 0) is 0 Å². The van der Waals surface area contributed by atoms with Crippen LogP contribution >= 0.6 is 0 Å². The lowest BCUT2D eigenvalue weighted by atomic mass is 9.80. The van der Waals surface area contributed by atoms with Gasteiger partial charge in [-0.05, 0) is 48.4 Å². The SMILES string of the molecule is Oc1ccc2ccccc2c1C1CCC(O)CC1. The first kappa shape index (κ1) is 11.5. The summed E-state index contributed by atoms with van der Waals surface area (Å²) in [7, 11) is 0. The van der Waals surface area contributed by atoms with Crippen molar-refractivity contribution < 1.29 is 10.2 Å². The molecule has 2 nitrogen and oxygen atoms in total. The summed E-state index contributed by atoms with van der Waals surface area (Å²) in [6.45, 7) is 0. The molecule has 0 atom stereocenters. The van der Waals surface area contributed by atoms with Crippen LogP contribution in [-0.4, -0.2) is 16.3 Å². The van der Waals surface area contributed by atoms with Gasteiger partial charge in [-0.25, -0.2) is 0 Å². The summed E-state index contributed by atoms with van der Waals surface area (Å²) in [5, 5.41) is 22.1. The highest BCUT2D eigenvalue weighted by molar-refractivity contribution is 5.88. The Balaban J connectivity index is 2.07. The smallest absolute Gasteiger partial charge is 0.119 e. The van der Waals surface area contributed by atoms with E-state index < -0.39 is 0 Å². The van der Waals surface area contributed by atoms with Crippen LogP contribution in [0.25, 0.3) is 10.8 Å². The van der Waals surface area contributed by atoms with Crippen molar-refractivity contribution in [1.82, 2.24) is 0 Å². The molecule has 0 bridgehead atoms. The van der Waals surface area contributed by atoms with Gasteiger partial charge >= 0.3 is 0 Å². The van der Waals surface area contributed by atoms with Crippen molar-refractivity contribution in [1.29, 1.82) is 0 Å². The molecule has 1 saturated carbocycles. The quantitative estimate of drug-likeness (QED) is 0.802. The molecule has 0 aliphatic heterocycles. The third-order valence-corrected chi connectivity index (χ3v) is 4.05. The average Bonchev–Trinajstić information content (AvgIpc) is 2.40. The lowest BCUT2D eigenvalue weighted by Crippen LogP contribution is -2.17. The summed E-state index contributed by atoms with van der Waals surface area (Å²) < 4.78 is 0. The summed E-state index contributed by atoms with van der Waals surface area (Å²) in [6.07, 6.45) is 3.45. The number of aromatic hydroxyl groups is 1. The average molecular weight is 242 g/mol. The highest BCUT2D eigenvalue weighted by Crippen LogP contribution is 2.41. The van der Waals surface area contributed by atoms with E-state index in [1.54, 1.807) is 6.07 Å². The number of phenols is 1. The summed E-state index contributed by atoms with van der Waals surface area (Å²) in [6, 6.07) is 12.0. The van der Waals surface area contributed by atoms with Gasteiger partial charge in [0, 0.05) is 5.56 Å². The fourth-order valence-corrected chi connectivity index (χ4v) is 3.08. The third-order valence-electron chi connectivity index (χ3n) is 4.05. The molecule has 0 aromatic heterocycles. The van der Waals surface area contributed by atoms with E-state index in [9.17, 15) is 10.2 Å². The number of hydrogen-bond acceptors (Lipinski definition) is 2. The van der Waals surface area contributed by atoms with E-state index in [0.29, 0.717) is 11.7 Å². The zero-order valence-corrected chi connectivity index (χ0v) is 10.3. The maximum atomic E-state index is 10.2. The topological polar surface area (TPSA) is 40.5 Å². The first-order valence-electron chi connectivity index (χ1n) is 6.64. The zero-order valence-electron chi connectivity index (χ0n) is 10.3. The van der Waals surface area contributed by atoms with Crippen LogP contribution in [0.4, 0.5) is 0 Å². The number of fused-ring (bicyclic) bond motifs is 1. The van der Waals surface area contributed by atoms with Gasteiger partial charge in [-0.3, -0.25) is 0 Å². The lowest BCUT2D eigenvalue weighted by molar-refractivity contribution is 0.122. The molecule has 0 radical (unpaired) electrons. The van der Waals surface area contributed by atoms with Crippen molar-refractivity contribution in [2.24, 2.45) is 0 Å². The Morgan fingerprint density at radius 3 is 2.39 bits per heavy atom. The van der Waals surface area contributed by atoms with Crippen LogP contribution in [0.3, 0.4) is 0 Å². The minimum atomic E-state index is -0.154. The molecule has 18 heavy (non-hydrogen) atoms. The minimum Gasteiger partial charge on any atom is -0.508 e. The maximum Gasteiger partial charge on any atom is 0.119 e. The summed E-state index contributed by atoms with van der Waals surface area (Å²) in [5.41, 5.74) is 1.07. The highest BCUT2D eigenvalue weighted by Gasteiger charge is 2.24. The van der Waals surface area contributed by atoms with E-state index in [1.165, 1.54) is 5.39 Å². The Bertz CT molecular complexity index is 554. The molecule has 2 aromatic carbocycles. The summed E-state index contributed by atoms with van der Waals surface area (Å²) in [5.74, 6) is 0.773. The Kier molecular flexibility index (Phi) is 2.96. The maximum absolute atomic E-state index is 10.2. The number of rotatable bonds is 1. The van der Waals surface area contributed by atoms with E-state index in [2.05, 4.69) is 12.1 Å². The minimum absolute atomic E-state index is 0.154. The molecule has 2 N–H and O–H groups in total. The van der Waals surface area contributed by atoms with Gasteiger partial charge in [0.25, 0.3) is 0 Å². The van der Waals surface area contributed by atoms with Gasteiger partial charge in [0.05, 0.1) is 6.10 Å². The molecule has 2 heteroatoms. The molecular formula is C16H18O2. The standard InChI is InChI=1S/C16H18O2/c17-13-8-5-12(6-9-13)16-14-4-2-1-3-11(14)7-10-15(16)18/h1-4,7,10,12-13,17-18H,5-6,8-9H2. The molecule has 0 unspecified atom stereocenters. The van der Waals surface area contributed by atoms with Gasteiger partial charge in [-0.15, -0.1) is 0 Å². The normalized spacial score (nSPS) is 24.3. The molecule has 3 rings (SSSR count). The van der Waals surface area contributed by atoms with Crippen LogP contribution in [0.5, 0.6) is 5.75 Å². The van der Waals surface area contributed by atoms with Gasteiger partial charge in [-0.1, -0.05) is 30.3 Å². The zero-order chi connectivity index (χ0) is 12.5.